The predicted molar refractivity (Wildman–Crippen MR) is 92.8 cm³/mol. The van der Waals surface area contributed by atoms with Crippen LogP contribution in [0.15, 0.2) is 73.8 Å². The van der Waals surface area contributed by atoms with Gasteiger partial charge in [-0.3, -0.25) is 0 Å². The minimum Gasteiger partial charge on any atom is -0.458 e. The number of carbonyl (C=O) groups excluding carboxylic acids is 2. The first-order valence-electron chi connectivity index (χ1n) is 7.43. The molecular formula is C20H18O4. The van der Waals surface area contributed by atoms with Gasteiger partial charge in [0, 0.05) is 0 Å². The Bertz CT molecular complexity index is 747. The summed E-state index contributed by atoms with van der Waals surface area (Å²) in [5, 5.41) is 0. The highest BCUT2D eigenvalue weighted by Crippen LogP contribution is 2.27. The summed E-state index contributed by atoms with van der Waals surface area (Å²) in [6.07, 6.45) is 2.94. The van der Waals surface area contributed by atoms with Crippen LogP contribution in [0.1, 0.15) is 20.7 Å². The highest BCUT2D eigenvalue weighted by atomic mass is 16.5. The van der Waals surface area contributed by atoms with Crippen LogP contribution in [-0.2, 0) is 9.47 Å². The summed E-state index contributed by atoms with van der Waals surface area (Å²) in [6.45, 7) is 7.16. The minimum atomic E-state index is -0.599. The lowest BCUT2D eigenvalue weighted by atomic mass is 9.95. The average Bonchev–Trinajstić information content (AvgIpc) is 2.64. The number of hydrogen-bond donors (Lipinski definition) is 0. The maximum Gasteiger partial charge on any atom is 0.339 e. The second-order valence-electron chi connectivity index (χ2n) is 4.87. The molecule has 0 heterocycles. The lowest BCUT2D eigenvalue weighted by molar-refractivity contribution is 0.0503. The molecule has 0 atom stereocenters. The van der Waals surface area contributed by atoms with Crippen LogP contribution in [-0.4, -0.2) is 25.2 Å². The van der Waals surface area contributed by atoms with Gasteiger partial charge < -0.3 is 9.47 Å². The molecule has 0 saturated heterocycles. The van der Waals surface area contributed by atoms with Gasteiger partial charge in [-0.15, -0.1) is 0 Å². The molecule has 0 bridgehead atoms. The second kappa shape index (κ2) is 8.48. The Morgan fingerprint density at radius 2 is 1.46 bits per heavy atom. The second-order valence-corrected chi connectivity index (χ2v) is 4.87. The molecule has 0 spiro atoms. The van der Waals surface area contributed by atoms with E-state index in [9.17, 15) is 9.59 Å². The van der Waals surface area contributed by atoms with Gasteiger partial charge in [-0.2, -0.15) is 0 Å². The largest absolute Gasteiger partial charge is 0.458 e. The molecular weight excluding hydrogens is 304 g/mol. The summed E-state index contributed by atoms with van der Waals surface area (Å²) >= 11 is 0. The Hall–Kier alpha value is -3.14. The van der Waals surface area contributed by atoms with E-state index in [4.69, 9.17) is 9.47 Å². The number of carbonyl (C=O) groups is 2. The smallest absolute Gasteiger partial charge is 0.339 e. The maximum absolute atomic E-state index is 12.5. The van der Waals surface area contributed by atoms with Gasteiger partial charge in [-0.1, -0.05) is 67.8 Å². The van der Waals surface area contributed by atoms with Gasteiger partial charge >= 0.3 is 11.9 Å². The van der Waals surface area contributed by atoms with Crippen LogP contribution in [0.2, 0.25) is 0 Å². The fourth-order valence-electron chi connectivity index (χ4n) is 2.22. The molecule has 0 aromatic heterocycles. The molecule has 2 aromatic carbocycles. The van der Waals surface area contributed by atoms with Crippen molar-refractivity contribution in [3.05, 3.63) is 85.0 Å². The van der Waals surface area contributed by atoms with Crippen LogP contribution in [0.25, 0.3) is 11.1 Å². The van der Waals surface area contributed by atoms with Crippen molar-refractivity contribution in [1.29, 1.82) is 0 Å². The average molecular weight is 322 g/mol. The van der Waals surface area contributed by atoms with Crippen molar-refractivity contribution in [3.63, 3.8) is 0 Å². The van der Waals surface area contributed by atoms with Crippen LogP contribution in [0, 0.1) is 0 Å². The zero-order valence-corrected chi connectivity index (χ0v) is 13.2. The quantitative estimate of drug-likeness (QED) is 0.570. The molecule has 0 aliphatic rings. The molecule has 0 saturated carbocycles. The highest BCUT2D eigenvalue weighted by Gasteiger charge is 2.23. The van der Waals surface area contributed by atoms with Gasteiger partial charge in [0.2, 0.25) is 0 Å². The van der Waals surface area contributed by atoms with Gasteiger partial charge in [-0.05, 0) is 17.2 Å². The van der Waals surface area contributed by atoms with Crippen molar-refractivity contribution in [1.82, 2.24) is 0 Å². The van der Waals surface area contributed by atoms with Crippen molar-refractivity contribution < 1.29 is 19.1 Å². The molecule has 0 aliphatic carbocycles. The molecule has 0 radical (unpaired) electrons. The van der Waals surface area contributed by atoms with E-state index < -0.39 is 11.9 Å². The van der Waals surface area contributed by atoms with Crippen molar-refractivity contribution in [2.75, 3.05) is 13.2 Å². The van der Waals surface area contributed by atoms with Crippen LogP contribution < -0.4 is 0 Å². The van der Waals surface area contributed by atoms with E-state index in [2.05, 4.69) is 13.2 Å². The molecule has 2 rings (SSSR count). The van der Waals surface area contributed by atoms with E-state index in [0.717, 1.165) is 5.56 Å². The lowest BCUT2D eigenvalue weighted by Gasteiger charge is -2.13. The van der Waals surface area contributed by atoms with Gasteiger partial charge in [-0.25, -0.2) is 9.59 Å². The van der Waals surface area contributed by atoms with Crippen LogP contribution in [0.5, 0.6) is 0 Å². The van der Waals surface area contributed by atoms with Crippen molar-refractivity contribution in [2.24, 2.45) is 0 Å². The Balaban J connectivity index is 2.54. The fourth-order valence-corrected chi connectivity index (χ4v) is 2.22. The summed E-state index contributed by atoms with van der Waals surface area (Å²) in [6, 6.07) is 14.3. The van der Waals surface area contributed by atoms with Gasteiger partial charge in [0.25, 0.3) is 0 Å². The van der Waals surface area contributed by atoms with Crippen LogP contribution >= 0.6 is 0 Å². The normalized spacial score (nSPS) is 9.83. The van der Waals surface area contributed by atoms with E-state index >= 15 is 0 Å². The Labute approximate surface area is 141 Å². The molecule has 0 N–H and O–H groups in total. The molecule has 4 heteroatoms. The predicted octanol–water partition coefficient (Wildman–Crippen LogP) is 4.04. The molecule has 4 nitrogen and oxygen atoms in total. The summed E-state index contributed by atoms with van der Waals surface area (Å²) in [4.78, 5) is 24.8. The molecule has 0 amide bonds. The van der Waals surface area contributed by atoms with Gasteiger partial charge in [0.1, 0.15) is 13.2 Å². The Kier molecular flexibility index (Phi) is 6.08. The molecule has 0 fully saturated rings. The third kappa shape index (κ3) is 3.98. The number of esters is 2. The first-order chi connectivity index (χ1) is 11.7. The van der Waals surface area contributed by atoms with Crippen LogP contribution in [0.4, 0.5) is 0 Å². The van der Waals surface area contributed by atoms with Crippen molar-refractivity contribution in [2.45, 2.75) is 0 Å². The third-order valence-corrected chi connectivity index (χ3v) is 3.24. The molecule has 0 unspecified atom stereocenters. The third-order valence-electron chi connectivity index (χ3n) is 3.24. The summed E-state index contributed by atoms with van der Waals surface area (Å²) in [5.41, 5.74) is 1.76. The van der Waals surface area contributed by atoms with Gasteiger partial charge in [0.05, 0.1) is 11.1 Å². The zero-order valence-electron chi connectivity index (χ0n) is 13.2. The van der Waals surface area contributed by atoms with E-state index in [1.165, 1.54) is 12.2 Å². The number of benzene rings is 2. The van der Waals surface area contributed by atoms with E-state index in [-0.39, 0.29) is 24.3 Å². The molecule has 2 aromatic rings. The monoisotopic (exact) mass is 322 g/mol. The standard InChI is InChI=1S/C20H18O4/c1-3-13-23-19(21)17-12-8-11-16(15-9-6-5-7-10-15)18(17)20(22)24-14-4-2/h3-12H,1-2,13-14H2. The minimum absolute atomic E-state index is 0.0586. The molecule has 122 valence electrons. The summed E-state index contributed by atoms with van der Waals surface area (Å²) < 4.78 is 10.2. The first kappa shape index (κ1) is 17.2. The number of hydrogen-bond acceptors (Lipinski definition) is 4. The number of ether oxygens (including phenoxy) is 2. The topological polar surface area (TPSA) is 52.6 Å². The van der Waals surface area contributed by atoms with E-state index in [1.54, 1.807) is 18.2 Å². The summed E-state index contributed by atoms with van der Waals surface area (Å²) in [7, 11) is 0. The van der Waals surface area contributed by atoms with Crippen molar-refractivity contribution in [3.8, 4) is 11.1 Å². The van der Waals surface area contributed by atoms with Crippen LogP contribution in [0.3, 0.4) is 0 Å². The Morgan fingerprint density at radius 1 is 0.833 bits per heavy atom. The fraction of sp³-hybridized carbons (Fsp3) is 0.100. The zero-order chi connectivity index (χ0) is 17.4. The Morgan fingerprint density at radius 3 is 2.08 bits per heavy atom. The summed E-state index contributed by atoms with van der Waals surface area (Å²) in [5.74, 6) is -1.20. The molecule has 0 aliphatic heterocycles. The van der Waals surface area contributed by atoms with Gasteiger partial charge in [0.15, 0.2) is 0 Å². The lowest BCUT2D eigenvalue weighted by Crippen LogP contribution is -2.15. The van der Waals surface area contributed by atoms with Crippen molar-refractivity contribution >= 4 is 11.9 Å². The van der Waals surface area contributed by atoms with E-state index in [1.807, 2.05) is 30.3 Å². The molecule has 24 heavy (non-hydrogen) atoms. The SMILES string of the molecule is C=CCOC(=O)c1cccc(-c2ccccc2)c1C(=O)OCC=C. The first-order valence-corrected chi connectivity index (χ1v) is 7.43. The highest BCUT2D eigenvalue weighted by molar-refractivity contribution is 6.07. The van der Waals surface area contributed by atoms with E-state index in [0.29, 0.717) is 5.56 Å². The number of rotatable bonds is 7. The maximum atomic E-state index is 12.5.